The van der Waals surface area contributed by atoms with Crippen LogP contribution in [0.15, 0.2) is 0 Å². The van der Waals surface area contributed by atoms with Crippen molar-refractivity contribution in [2.24, 2.45) is 0 Å². The van der Waals surface area contributed by atoms with Crippen molar-refractivity contribution in [3.63, 3.8) is 0 Å². The van der Waals surface area contributed by atoms with Crippen molar-refractivity contribution in [3.05, 3.63) is 6.92 Å². The molecule has 0 fully saturated rings. The fourth-order valence-corrected chi connectivity index (χ4v) is 0.644. The molecule has 0 aliphatic carbocycles. The van der Waals surface area contributed by atoms with Gasteiger partial charge in [0.1, 0.15) is 0 Å². The van der Waals surface area contributed by atoms with Crippen LogP contribution < -0.4 is 0 Å². The number of hydrogen-bond acceptors (Lipinski definition) is 2. The Balaban J connectivity index is 3.27. The molecule has 2 nitrogen and oxygen atoms in total. The lowest BCUT2D eigenvalue weighted by atomic mass is 10.3. The monoisotopic (exact) mass is 159 g/mol. The average Bonchev–Trinajstić information content (AvgIpc) is 2.00. The van der Waals surface area contributed by atoms with Gasteiger partial charge in [-0.3, -0.25) is 0 Å². The first-order chi connectivity index (χ1) is 5.20. The predicted molar refractivity (Wildman–Crippen MR) is 46.2 cm³/mol. The van der Waals surface area contributed by atoms with E-state index < -0.39 is 0 Å². The third-order valence-electron chi connectivity index (χ3n) is 1.47. The lowest BCUT2D eigenvalue weighted by Crippen LogP contribution is -2.19. The summed E-state index contributed by atoms with van der Waals surface area (Å²) in [6, 6.07) is 0. The van der Waals surface area contributed by atoms with Crippen LogP contribution in [0, 0.1) is 6.92 Å². The van der Waals surface area contributed by atoms with Gasteiger partial charge in [-0.15, -0.1) is 0 Å². The van der Waals surface area contributed by atoms with E-state index in [0.717, 1.165) is 19.4 Å². The zero-order chi connectivity index (χ0) is 8.69. The molecule has 2 atom stereocenters. The first-order valence-corrected chi connectivity index (χ1v) is 4.30. The van der Waals surface area contributed by atoms with Crippen molar-refractivity contribution in [1.29, 1.82) is 0 Å². The average molecular weight is 159 g/mol. The highest BCUT2D eigenvalue weighted by Gasteiger charge is 2.05. The highest BCUT2D eigenvalue weighted by molar-refractivity contribution is 4.51. The van der Waals surface area contributed by atoms with Gasteiger partial charge >= 0.3 is 0 Å². The van der Waals surface area contributed by atoms with Gasteiger partial charge in [0.05, 0.1) is 6.10 Å². The number of hydrogen-bond donors (Lipinski definition) is 0. The Hall–Kier alpha value is -0.0800. The quantitative estimate of drug-likeness (QED) is 0.554. The van der Waals surface area contributed by atoms with E-state index >= 15 is 0 Å². The van der Waals surface area contributed by atoms with Crippen LogP contribution in [0.5, 0.6) is 0 Å². The molecule has 2 unspecified atom stereocenters. The third-order valence-corrected chi connectivity index (χ3v) is 1.47. The van der Waals surface area contributed by atoms with E-state index in [1.54, 1.807) is 0 Å². The van der Waals surface area contributed by atoms with E-state index in [2.05, 4.69) is 20.8 Å². The van der Waals surface area contributed by atoms with Crippen molar-refractivity contribution in [2.45, 2.75) is 46.0 Å². The minimum atomic E-state index is -0.301. The van der Waals surface area contributed by atoms with Crippen molar-refractivity contribution in [1.82, 2.24) is 0 Å². The fourth-order valence-electron chi connectivity index (χ4n) is 0.644. The maximum atomic E-state index is 5.37. The normalized spacial score (nSPS) is 16.4. The Morgan fingerprint density at radius 1 is 1.36 bits per heavy atom. The van der Waals surface area contributed by atoms with Crippen molar-refractivity contribution >= 4 is 0 Å². The first-order valence-electron chi connectivity index (χ1n) is 4.30. The second-order valence-corrected chi connectivity index (χ2v) is 2.66. The molecule has 0 amide bonds. The zero-order valence-corrected chi connectivity index (χ0v) is 7.80. The topological polar surface area (TPSA) is 18.5 Å². The summed E-state index contributed by atoms with van der Waals surface area (Å²) in [5.74, 6) is 0. The van der Waals surface area contributed by atoms with Crippen molar-refractivity contribution in [2.75, 3.05) is 6.61 Å². The largest absolute Gasteiger partial charge is 0.353 e. The summed E-state index contributed by atoms with van der Waals surface area (Å²) < 4.78 is 10.6. The number of ether oxygens (including phenoxy) is 2. The van der Waals surface area contributed by atoms with Gasteiger partial charge in [0.15, 0.2) is 6.29 Å². The SMILES string of the molecule is [CH2]C(OCCC)OC(C)CC. The van der Waals surface area contributed by atoms with Crippen LogP contribution in [0.3, 0.4) is 0 Å². The zero-order valence-electron chi connectivity index (χ0n) is 7.80. The minimum absolute atomic E-state index is 0.245. The molecule has 2 heteroatoms. The van der Waals surface area contributed by atoms with E-state index in [4.69, 9.17) is 9.47 Å². The molecule has 0 aromatic heterocycles. The molecule has 0 heterocycles. The smallest absolute Gasteiger partial charge is 0.158 e. The summed E-state index contributed by atoms with van der Waals surface area (Å²) in [5.41, 5.74) is 0. The summed E-state index contributed by atoms with van der Waals surface area (Å²) >= 11 is 0. The van der Waals surface area contributed by atoms with Gasteiger partial charge in [0, 0.05) is 13.5 Å². The molecule has 0 rings (SSSR count). The van der Waals surface area contributed by atoms with Gasteiger partial charge in [-0.05, 0) is 19.8 Å². The van der Waals surface area contributed by atoms with Gasteiger partial charge in [-0.25, -0.2) is 0 Å². The van der Waals surface area contributed by atoms with Crippen LogP contribution in [0.4, 0.5) is 0 Å². The Labute approximate surface area is 69.9 Å². The van der Waals surface area contributed by atoms with E-state index in [9.17, 15) is 0 Å². The summed E-state index contributed by atoms with van der Waals surface area (Å²) in [6.07, 6.45) is 1.96. The molecular formula is C9H19O2. The third kappa shape index (κ3) is 6.32. The van der Waals surface area contributed by atoms with Crippen LogP contribution in [-0.4, -0.2) is 19.0 Å². The van der Waals surface area contributed by atoms with Crippen LogP contribution in [0.2, 0.25) is 0 Å². The highest BCUT2D eigenvalue weighted by Crippen LogP contribution is 2.02. The Kier molecular flexibility index (Phi) is 6.57. The second kappa shape index (κ2) is 6.62. The van der Waals surface area contributed by atoms with Gasteiger partial charge in [0.25, 0.3) is 0 Å². The van der Waals surface area contributed by atoms with Crippen LogP contribution in [0.1, 0.15) is 33.6 Å². The molecule has 0 spiro atoms. The molecule has 0 aliphatic rings. The Morgan fingerprint density at radius 2 is 2.00 bits per heavy atom. The molecule has 1 radical (unpaired) electrons. The molecule has 0 aromatic carbocycles. The predicted octanol–water partition coefficient (Wildman–Crippen LogP) is 2.39. The summed E-state index contributed by atoms with van der Waals surface area (Å²) in [6.45, 7) is 10.6. The Bertz CT molecular complexity index is 83.6. The van der Waals surface area contributed by atoms with Crippen LogP contribution >= 0.6 is 0 Å². The Morgan fingerprint density at radius 3 is 2.45 bits per heavy atom. The number of rotatable bonds is 6. The van der Waals surface area contributed by atoms with Crippen LogP contribution in [0.25, 0.3) is 0 Å². The van der Waals surface area contributed by atoms with Gasteiger partial charge < -0.3 is 9.47 Å². The molecule has 0 aromatic rings. The summed E-state index contributed by atoms with van der Waals surface area (Å²) in [7, 11) is 0. The molecule has 11 heavy (non-hydrogen) atoms. The highest BCUT2D eigenvalue weighted by atomic mass is 16.7. The molecule has 0 N–H and O–H groups in total. The standard InChI is InChI=1S/C9H19O2/c1-5-7-10-9(4)11-8(3)6-2/h8-9H,4-7H2,1-3H3. The molecule has 0 saturated heterocycles. The van der Waals surface area contributed by atoms with Crippen molar-refractivity contribution < 1.29 is 9.47 Å². The molecule has 0 aliphatic heterocycles. The lowest BCUT2D eigenvalue weighted by Gasteiger charge is -2.17. The van der Waals surface area contributed by atoms with Gasteiger partial charge in [-0.1, -0.05) is 13.8 Å². The van der Waals surface area contributed by atoms with E-state index in [1.165, 1.54) is 0 Å². The maximum absolute atomic E-state index is 5.37. The fraction of sp³-hybridized carbons (Fsp3) is 0.889. The molecule has 67 valence electrons. The first kappa shape index (κ1) is 10.9. The van der Waals surface area contributed by atoms with Crippen molar-refractivity contribution in [3.8, 4) is 0 Å². The van der Waals surface area contributed by atoms with Gasteiger partial charge in [-0.2, -0.15) is 0 Å². The summed E-state index contributed by atoms with van der Waals surface area (Å²) in [5, 5.41) is 0. The van der Waals surface area contributed by atoms with E-state index in [-0.39, 0.29) is 12.4 Å². The molecule has 0 saturated carbocycles. The second-order valence-electron chi connectivity index (χ2n) is 2.66. The molecular weight excluding hydrogens is 140 g/mol. The van der Waals surface area contributed by atoms with Gasteiger partial charge in [0.2, 0.25) is 0 Å². The summed E-state index contributed by atoms with van der Waals surface area (Å²) in [4.78, 5) is 0. The maximum Gasteiger partial charge on any atom is 0.158 e. The lowest BCUT2D eigenvalue weighted by molar-refractivity contribution is -0.140. The van der Waals surface area contributed by atoms with E-state index in [1.807, 2.05) is 6.92 Å². The van der Waals surface area contributed by atoms with Crippen LogP contribution in [-0.2, 0) is 9.47 Å². The minimum Gasteiger partial charge on any atom is -0.353 e. The molecule has 0 bridgehead atoms. The van der Waals surface area contributed by atoms with E-state index in [0.29, 0.717) is 0 Å².